The van der Waals surface area contributed by atoms with Crippen LogP contribution in [0.1, 0.15) is 64.7 Å². The number of ketones is 2. The average molecular weight is 627 g/mol. The molecule has 0 saturated heterocycles. The first-order chi connectivity index (χ1) is 20.5. The van der Waals surface area contributed by atoms with Gasteiger partial charge in [0, 0.05) is 56.5 Å². The summed E-state index contributed by atoms with van der Waals surface area (Å²) >= 11 is 0. The monoisotopic (exact) mass is 626 g/mol. The summed E-state index contributed by atoms with van der Waals surface area (Å²) in [4.78, 5) is 45.5. The third-order valence-electron chi connectivity index (χ3n) is 9.05. The Kier molecular flexibility index (Phi) is 8.76. The van der Waals surface area contributed by atoms with Gasteiger partial charge in [0.2, 0.25) is 5.78 Å². The quantitative estimate of drug-likeness (QED) is 0.284. The SMILES string of the molecule is CN(C)c1cc(CN(CC(C)(C)C)CC(C)(C)C)c(O)c2c1C[C@H]1C[C@H]3[C@H](N(C)C)C(=O)C(C(N)=O)=C(O)[C@@]3(O)C(=O)C1=C2O. The second-order valence-corrected chi connectivity index (χ2v) is 15.9. The Bertz CT molecular complexity index is 1480. The van der Waals surface area contributed by atoms with Crippen LogP contribution in [0.3, 0.4) is 0 Å². The van der Waals surface area contributed by atoms with Gasteiger partial charge in [0.25, 0.3) is 5.91 Å². The summed E-state index contributed by atoms with van der Waals surface area (Å²) in [6.45, 7) is 14.8. The van der Waals surface area contributed by atoms with Crippen molar-refractivity contribution in [2.45, 2.75) is 72.6 Å². The second-order valence-electron chi connectivity index (χ2n) is 15.9. The number of likely N-dealkylation sites (N-methyl/N-ethyl adjacent to an activating group) is 1. The maximum atomic E-state index is 14.3. The molecule has 11 nitrogen and oxygen atoms in total. The van der Waals surface area contributed by atoms with Gasteiger partial charge in [0.1, 0.15) is 22.8 Å². The Labute approximate surface area is 266 Å². The van der Waals surface area contributed by atoms with Crippen molar-refractivity contribution in [2.24, 2.45) is 28.4 Å². The maximum Gasteiger partial charge on any atom is 0.255 e. The van der Waals surface area contributed by atoms with Crippen molar-refractivity contribution in [2.75, 3.05) is 46.2 Å². The number of nitrogens with zero attached hydrogens (tertiary/aromatic N) is 3. The molecule has 1 amide bonds. The largest absolute Gasteiger partial charge is 0.508 e. The summed E-state index contributed by atoms with van der Waals surface area (Å²) in [5.74, 6) is -6.52. The number of hydrogen-bond acceptors (Lipinski definition) is 10. The molecule has 4 rings (SSSR count). The number of carbonyl (C=O) groups excluding carboxylic acids is 3. The number of carbonyl (C=O) groups is 3. The number of hydrogen-bond donors (Lipinski definition) is 5. The van der Waals surface area contributed by atoms with E-state index in [1.165, 1.54) is 4.90 Å². The molecule has 1 aromatic carbocycles. The minimum atomic E-state index is -2.67. The number of aromatic hydroxyl groups is 1. The molecule has 248 valence electrons. The first-order valence-electron chi connectivity index (χ1n) is 15.4. The van der Waals surface area contributed by atoms with Crippen molar-refractivity contribution in [3.63, 3.8) is 0 Å². The zero-order valence-electron chi connectivity index (χ0n) is 28.3. The van der Waals surface area contributed by atoms with Gasteiger partial charge in [-0.15, -0.1) is 0 Å². The number of primary amides is 1. The fraction of sp³-hybridized carbons (Fsp3) is 0.618. The molecule has 3 aliphatic rings. The number of phenols is 1. The zero-order valence-corrected chi connectivity index (χ0v) is 28.3. The maximum absolute atomic E-state index is 14.3. The van der Waals surface area contributed by atoms with Gasteiger partial charge in [-0.1, -0.05) is 41.5 Å². The van der Waals surface area contributed by atoms with E-state index in [-0.39, 0.29) is 40.6 Å². The Balaban J connectivity index is 1.93. The molecule has 4 atom stereocenters. The predicted molar refractivity (Wildman–Crippen MR) is 173 cm³/mol. The number of benzene rings is 1. The number of rotatable bonds is 7. The number of aliphatic hydroxyl groups is 3. The van der Waals surface area contributed by atoms with Crippen molar-refractivity contribution >= 4 is 28.9 Å². The van der Waals surface area contributed by atoms with Crippen LogP contribution in [-0.4, -0.2) is 101 Å². The third-order valence-corrected chi connectivity index (χ3v) is 9.05. The molecule has 0 aliphatic heterocycles. The van der Waals surface area contributed by atoms with Gasteiger partial charge in [-0.3, -0.25) is 24.2 Å². The Morgan fingerprint density at radius 3 is 2.02 bits per heavy atom. The number of Topliss-reactive ketones (excluding diaryl/α,β-unsaturated/α-hetero) is 2. The van der Waals surface area contributed by atoms with E-state index >= 15 is 0 Å². The van der Waals surface area contributed by atoms with E-state index in [0.29, 0.717) is 17.7 Å². The van der Waals surface area contributed by atoms with Crippen LogP contribution in [0.15, 0.2) is 23.0 Å². The Morgan fingerprint density at radius 1 is 1.00 bits per heavy atom. The van der Waals surface area contributed by atoms with Crippen LogP contribution in [-0.2, 0) is 27.3 Å². The predicted octanol–water partition coefficient (Wildman–Crippen LogP) is 2.92. The molecule has 0 bridgehead atoms. The molecule has 1 fully saturated rings. The van der Waals surface area contributed by atoms with Gasteiger partial charge < -0.3 is 31.1 Å². The topological polar surface area (TPSA) is 168 Å². The van der Waals surface area contributed by atoms with Crippen molar-refractivity contribution in [1.29, 1.82) is 0 Å². The van der Waals surface area contributed by atoms with Crippen molar-refractivity contribution < 1.29 is 34.8 Å². The molecule has 0 radical (unpaired) electrons. The zero-order chi connectivity index (χ0) is 34.1. The molecule has 0 aromatic heterocycles. The molecular weight excluding hydrogens is 576 g/mol. The summed E-state index contributed by atoms with van der Waals surface area (Å²) in [5, 5.41) is 46.6. The highest BCUT2D eigenvalue weighted by molar-refractivity contribution is 6.24. The Morgan fingerprint density at radius 2 is 1.56 bits per heavy atom. The highest BCUT2D eigenvalue weighted by Crippen LogP contribution is 2.54. The first-order valence-corrected chi connectivity index (χ1v) is 15.4. The van der Waals surface area contributed by atoms with Gasteiger partial charge in [0.05, 0.1) is 11.6 Å². The summed E-state index contributed by atoms with van der Waals surface area (Å²) in [5.41, 5.74) is 3.84. The van der Waals surface area contributed by atoms with E-state index in [9.17, 15) is 34.8 Å². The molecule has 6 N–H and O–H groups in total. The molecule has 0 spiro atoms. The molecule has 45 heavy (non-hydrogen) atoms. The van der Waals surface area contributed by atoms with Gasteiger partial charge in [-0.25, -0.2) is 0 Å². The fourth-order valence-corrected chi connectivity index (χ4v) is 7.62. The van der Waals surface area contributed by atoms with Crippen LogP contribution < -0.4 is 10.6 Å². The van der Waals surface area contributed by atoms with Crippen LogP contribution in [0.2, 0.25) is 0 Å². The number of amides is 1. The Hall–Kier alpha value is -3.41. The molecular formula is C34H50N4O7. The lowest BCUT2D eigenvalue weighted by molar-refractivity contribution is -0.153. The van der Waals surface area contributed by atoms with E-state index in [1.54, 1.807) is 14.1 Å². The van der Waals surface area contributed by atoms with Crippen molar-refractivity contribution in [1.82, 2.24) is 9.80 Å². The highest BCUT2D eigenvalue weighted by atomic mass is 16.3. The lowest BCUT2D eigenvalue weighted by atomic mass is 9.57. The van der Waals surface area contributed by atoms with E-state index in [1.807, 2.05) is 25.1 Å². The number of phenolic OH excluding ortho intramolecular Hbond substituents is 1. The fourth-order valence-electron chi connectivity index (χ4n) is 7.62. The first kappa shape index (κ1) is 34.5. The number of aliphatic hydroxyl groups excluding tert-OH is 2. The molecule has 1 aromatic rings. The normalized spacial score (nSPS) is 25.5. The van der Waals surface area contributed by atoms with E-state index < -0.39 is 58.0 Å². The van der Waals surface area contributed by atoms with Gasteiger partial charge in [0.15, 0.2) is 11.4 Å². The highest BCUT2D eigenvalue weighted by Gasteiger charge is 2.64. The van der Waals surface area contributed by atoms with Crippen LogP contribution in [0.4, 0.5) is 5.69 Å². The lowest BCUT2D eigenvalue weighted by Gasteiger charge is -2.50. The number of anilines is 1. The van der Waals surface area contributed by atoms with Crippen LogP contribution in [0.5, 0.6) is 5.75 Å². The third kappa shape index (κ3) is 5.97. The van der Waals surface area contributed by atoms with Gasteiger partial charge in [-0.05, 0) is 55.3 Å². The van der Waals surface area contributed by atoms with E-state index in [2.05, 4.69) is 46.4 Å². The lowest BCUT2D eigenvalue weighted by Crippen LogP contribution is -2.65. The minimum Gasteiger partial charge on any atom is -0.508 e. The smallest absolute Gasteiger partial charge is 0.255 e. The van der Waals surface area contributed by atoms with E-state index in [0.717, 1.165) is 18.8 Å². The van der Waals surface area contributed by atoms with Gasteiger partial charge >= 0.3 is 0 Å². The molecule has 0 unspecified atom stereocenters. The second kappa shape index (κ2) is 11.4. The molecule has 3 aliphatic carbocycles. The standard InChI is InChI=1S/C34H50N4O7/c1-32(2,3)15-38(16-33(4,5)6)14-18-13-21(36(7)8)19-11-17-12-20-25(37(9)10)28(41)24(31(35)44)30(43)34(20,45)29(42)22(17)27(40)23(19)26(18)39/h13,17,20,25,39-40,43,45H,11-12,14-16H2,1-10H3,(H2,35,44)/t17-,20-,25-,34-/m0/s1. The van der Waals surface area contributed by atoms with Crippen LogP contribution in [0.25, 0.3) is 5.76 Å². The average Bonchev–Trinajstić information content (AvgIpc) is 2.85. The van der Waals surface area contributed by atoms with Crippen LogP contribution in [0, 0.1) is 22.7 Å². The molecule has 11 heteroatoms. The summed E-state index contributed by atoms with van der Waals surface area (Å²) in [6, 6.07) is 0.801. The number of fused-ring (bicyclic) bond motifs is 3. The number of nitrogens with two attached hydrogens (primary N) is 1. The molecule has 0 heterocycles. The van der Waals surface area contributed by atoms with Crippen molar-refractivity contribution in [3.8, 4) is 5.75 Å². The van der Waals surface area contributed by atoms with Gasteiger partial charge in [-0.2, -0.15) is 0 Å². The summed E-state index contributed by atoms with van der Waals surface area (Å²) in [7, 11) is 6.91. The summed E-state index contributed by atoms with van der Waals surface area (Å²) in [6.07, 6.45) is 0.287. The molecule has 1 saturated carbocycles. The van der Waals surface area contributed by atoms with E-state index in [4.69, 9.17) is 5.73 Å². The van der Waals surface area contributed by atoms with Crippen molar-refractivity contribution in [3.05, 3.63) is 39.7 Å². The minimum absolute atomic E-state index is 0.0254. The summed E-state index contributed by atoms with van der Waals surface area (Å²) < 4.78 is 0. The van der Waals surface area contributed by atoms with Crippen LogP contribution >= 0.6 is 0 Å².